The lowest BCUT2D eigenvalue weighted by Gasteiger charge is -2.08. The van der Waals surface area contributed by atoms with E-state index in [1.165, 1.54) is 0 Å². The van der Waals surface area contributed by atoms with Crippen LogP contribution in [0.5, 0.6) is 5.75 Å². The highest BCUT2D eigenvalue weighted by molar-refractivity contribution is 5.89. The van der Waals surface area contributed by atoms with Gasteiger partial charge >= 0.3 is 6.16 Å². The monoisotopic (exact) mass is 278 g/mol. The quantitative estimate of drug-likeness (QED) is 0.520. The molecule has 0 heterocycles. The second kappa shape index (κ2) is 6.09. The Balaban J connectivity index is 1.69. The van der Waals surface area contributed by atoms with E-state index in [2.05, 4.69) is 0 Å². The summed E-state index contributed by atoms with van der Waals surface area (Å²) in [6.07, 6.45) is -0.699. The van der Waals surface area contributed by atoms with Gasteiger partial charge in [0.2, 0.25) is 0 Å². The Morgan fingerprint density at radius 3 is 2.38 bits per heavy atom. The largest absolute Gasteiger partial charge is 0.514 e. The average Bonchev–Trinajstić information content (AvgIpc) is 2.54. The van der Waals surface area contributed by atoms with Crippen molar-refractivity contribution < 1.29 is 14.3 Å². The van der Waals surface area contributed by atoms with Crippen LogP contribution >= 0.6 is 0 Å². The van der Waals surface area contributed by atoms with Gasteiger partial charge in [0.25, 0.3) is 0 Å². The number of carbonyl (C=O) groups is 1. The van der Waals surface area contributed by atoms with E-state index < -0.39 is 6.16 Å². The van der Waals surface area contributed by atoms with Crippen molar-refractivity contribution in [2.24, 2.45) is 0 Å². The summed E-state index contributed by atoms with van der Waals surface area (Å²) in [5, 5.41) is 1.91. The zero-order valence-electron chi connectivity index (χ0n) is 11.4. The summed E-state index contributed by atoms with van der Waals surface area (Å²) in [5.41, 5.74) is 0.923. The average molecular weight is 278 g/mol. The van der Waals surface area contributed by atoms with Crippen LogP contribution in [0.25, 0.3) is 10.8 Å². The number of carbonyl (C=O) groups excluding carboxylic acids is 1. The minimum atomic E-state index is -0.699. The van der Waals surface area contributed by atoms with Gasteiger partial charge in [0.05, 0.1) is 0 Å². The molecule has 3 aromatic rings. The van der Waals surface area contributed by atoms with Gasteiger partial charge in [-0.3, -0.25) is 0 Å². The standard InChI is InChI=1S/C18H14O3/c19-18(20-13-14-7-2-1-3-8-14)21-17-12-6-10-15-9-4-5-11-16(15)17/h1-12H,13H2. The maximum atomic E-state index is 11.8. The third-order valence-corrected chi connectivity index (χ3v) is 3.14. The van der Waals surface area contributed by atoms with Gasteiger partial charge in [-0.2, -0.15) is 0 Å². The second-order valence-electron chi connectivity index (χ2n) is 4.60. The Bertz CT molecular complexity index is 745. The van der Waals surface area contributed by atoms with Crippen LogP contribution in [0.1, 0.15) is 5.56 Å². The van der Waals surface area contributed by atoms with Gasteiger partial charge in [-0.25, -0.2) is 4.79 Å². The Hall–Kier alpha value is -2.81. The zero-order valence-corrected chi connectivity index (χ0v) is 11.4. The minimum absolute atomic E-state index is 0.199. The highest BCUT2D eigenvalue weighted by Crippen LogP contribution is 2.25. The molecule has 104 valence electrons. The van der Waals surface area contributed by atoms with Gasteiger partial charge in [0, 0.05) is 5.39 Å². The maximum absolute atomic E-state index is 11.8. The van der Waals surface area contributed by atoms with Crippen molar-refractivity contribution in [1.82, 2.24) is 0 Å². The van der Waals surface area contributed by atoms with Gasteiger partial charge < -0.3 is 9.47 Å². The van der Waals surface area contributed by atoms with Crippen molar-refractivity contribution in [3.05, 3.63) is 78.4 Å². The molecule has 0 N–H and O–H groups in total. The van der Waals surface area contributed by atoms with Crippen molar-refractivity contribution in [2.45, 2.75) is 6.61 Å². The van der Waals surface area contributed by atoms with Crippen LogP contribution < -0.4 is 4.74 Å². The Morgan fingerprint density at radius 2 is 1.52 bits per heavy atom. The normalized spacial score (nSPS) is 10.3. The molecular weight excluding hydrogens is 264 g/mol. The molecule has 0 radical (unpaired) electrons. The van der Waals surface area contributed by atoms with E-state index in [0.29, 0.717) is 5.75 Å². The number of fused-ring (bicyclic) bond motifs is 1. The molecule has 3 aromatic carbocycles. The fraction of sp³-hybridized carbons (Fsp3) is 0.0556. The molecule has 0 bridgehead atoms. The molecule has 0 unspecified atom stereocenters. The molecule has 3 nitrogen and oxygen atoms in total. The Morgan fingerprint density at radius 1 is 0.810 bits per heavy atom. The molecule has 0 saturated carbocycles. The van der Waals surface area contributed by atoms with Crippen LogP contribution in [0.4, 0.5) is 4.79 Å². The predicted molar refractivity (Wildman–Crippen MR) is 81.2 cm³/mol. The Labute approximate surface area is 122 Å². The van der Waals surface area contributed by atoms with Crippen LogP contribution in [0, 0.1) is 0 Å². The third-order valence-electron chi connectivity index (χ3n) is 3.14. The third kappa shape index (κ3) is 3.20. The predicted octanol–water partition coefficient (Wildman–Crippen LogP) is 4.56. The van der Waals surface area contributed by atoms with Crippen molar-refractivity contribution >= 4 is 16.9 Å². The van der Waals surface area contributed by atoms with Crippen LogP contribution in [0.2, 0.25) is 0 Å². The summed E-state index contributed by atoms with van der Waals surface area (Å²) in [4.78, 5) is 11.8. The molecule has 0 saturated heterocycles. The highest BCUT2D eigenvalue weighted by atomic mass is 16.7. The highest BCUT2D eigenvalue weighted by Gasteiger charge is 2.09. The summed E-state index contributed by atoms with van der Waals surface area (Å²) in [7, 11) is 0. The van der Waals surface area contributed by atoms with E-state index in [-0.39, 0.29) is 6.61 Å². The summed E-state index contributed by atoms with van der Waals surface area (Å²) < 4.78 is 10.4. The van der Waals surface area contributed by atoms with Gasteiger partial charge in [-0.15, -0.1) is 0 Å². The molecule has 0 amide bonds. The number of benzene rings is 3. The number of rotatable bonds is 3. The summed E-state index contributed by atoms with van der Waals surface area (Å²) in [5.74, 6) is 0.506. The van der Waals surface area contributed by atoms with E-state index in [1.54, 1.807) is 6.07 Å². The minimum Gasteiger partial charge on any atom is -0.429 e. The molecule has 0 atom stereocenters. The molecule has 0 fully saturated rings. The zero-order chi connectivity index (χ0) is 14.5. The number of hydrogen-bond acceptors (Lipinski definition) is 3. The van der Waals surface area contributed by atoms with E-state index in [4.69, 9.17) is 9.47 Å². The van der Waals surface area contributed by atoms with E-state index in [0.717, 1.165) is 16.3 Å². The molecule has 3 rings (SSSR count). The lowest BCUT2D eigenvalue weighted by Crippen LogP contribution is -2.10. The van der Waals surface area contributed by atoms with Crippen LogP contribution in [-0.4, -0.2) is 6.16 Å². The topological polar surface area (TPSA) is 35.5 Å². The Kier molecular flexibility index (Phi) is 3.83. The van der Waals surface area contributed by atoms with Crippen molar-refractivity contribution in [3.63, 3.8) is 0 Å². The van der Waals surface area contributed by atoms with Gasteiger partial charge in [-0.1, -0.05) is 66.7 Å². The fourth-order valence-corrected chi connectivity index (χ4v) is 2.12. The summed E-state index contributed by atoms with van der Waals surface area (Å²) in [6.45, 7) is 0.199. The van der Waals surface area contributed by atoms with E-state index in [9.17, 15) is 4.79 Å². The number of ether oxygens (including phenoxy) is 2. The lowest BCUT2D eigenvalue weighted by atomic mass is 10.1. The number of hydrogen-bond donors (Lipinski definition) is 0. The summed E-state index contributed by atoms with van der Waals surface area (Å²) >= 11 is 0. The molecule has 21 heavy (non-hydrogen) atoms. The first-order valence-corrected chi connectivity index (χ1v) is 6.69. The van der Waals surface area contributed by atoms with Crippen LogP contribution in [-0.2, 0) is 11.3 Å². The summed E-state index contributed by atoms with van der Waals surface area (Å²) in [6, 6.07) is 22.8. The molecular formula is C18H14O3. The first-order valence-electron chi connectivity index (χ1n) is 6.69. The lowest BCUT2D eigenvalue weighted by molar-refractivity contribution is 0.0933. The molecule has 0 spiro atoms. The van der Waals surface area contributed by atoms with Gasteiger partial charge in [-0.05, 0) is 17.0 Å². The SMILES string of the molecule is O=C(OCc1ccccc1)Oc1cccc2ccccc12. The van der Waals surface area contributed by atoms with Gasteiger partial charge in [0.15, 0.2) is 0 Å². The first kappa shape index (κ1) is 13.2. The first-order chi connectivity index (χ1) is 10.3. The van der Waals surface area contributed by atoms with Gasteiger partial charge in [0.1, 0.15) is 12.4 Å². The molecule has 0 aliphatic heterocycles. The molecule has 3 heteroatoms. The van der Waals surface area contributed by atoms with Crippen LogP contribution in [0.3, 0.4) is 0 Å². The van der Waals surface area contributed by atoms with Crippen molar-refractivity contribution in [3.8, 4) is 5.75 Å². The van der Waals surface area contributed by atoms with Crippen LogP contribution in [0.15, 0.2) is 72.8 Å². The molecule has 0 aliphatic rings. The van der Waals surface area contributed by atoms with E-state index >= 15 is 0 Å². The smallest absolute Gasteiger partial charge is 0.429 e. The van der Waals surface area contributed by atoms with Crippen molar-refractivity contribution in [2.75, 3.05) is 0 Å². The maximum Gasteiger partial charge on any atom is 0.514 e. The molecule has 0 aromatic heterocycles. The van der Waals surface area contributed by atoms with E-state index in [1.807, 2.05) is 66.7 Å². The second-order valence-corrected chi connectivity index (χ2v) is 4.60. The van der Waals surface area contributed by atoms with Crippen molar-refractivity contribution in [1.29, 1.82) is 0 Å². The molecule has 0 aliphatic carbocycles. The fourth-order valence-electron chi connectivity index (χ4n) is 2.12.